The number of hydrogen-bond acceptors (Lipinski definition) is 3. The number of hydrogen-bond donors (Lipinski definition) is 0. The first kappa shape index (κ1) is 22.0. The molecule has 1 aliphatic carbocycles. The van der Waals surface area contributed by atoms with Crippen LogP contribution in [0, 0.1) is 11.8 Å². The van der Waals surface area contributed by atoms with Gasteiger partial charge in [-0.15, -0.1) is 0 Å². The number of amides is 1. The molecular formula is C30H27BrN4O. The van der Waals surface area contributed by atoms with Crippen LogP contribution in [0.1, 0.15) is 30.4 Å². The number of imidazole rings is 1. The van der Waals surface area contributed by atoms with Gasteiger partial charge in [-0.05, 0) is 81.6 Å². The molecule has 3 heterocycles. The highest BCUT2D eigenvalue weighted by atomic mass is 79.9. The average molecular weight is 539 g/mol. The fraction of sp³-hybridized carbons (Fsp3) is 0.300. The van der Waals surface area contributed by atoms with Gasteiger partial charge in [0.15, 0.2) is 0 Å². The zero-order valence-corrected chi connectivity index (χ0v) is 21.6. The van der Waals surface area contributed by atoms with Crippen molar-refractivity contribution in [2.45, 2.75) is 32.4 Å². The summed E-state index contributed by atoms with van der Waals surface area (Å²) in [6.07, 6.45) is 5.15. The molecule has 0 radical (unpaired) electrons. The van der Waals surface area contributed by atoms with Gasteiger partial charge in [-0.1, -0.05) is 42.5 Å². The van der Waals surface area contributed by atoms with E-state index < -0.39 is 0 Å². The summed E-state index contributed by atoms with van der Waals surface area (Å²) < 4.78 is 3.41. The third-order valence-corrected chi connectivity index (χ3v) is 8.44. The maximum absolute atomic E-state index is 12.6. The summed E-state index contributed by atoms with van der Waals surface area (Å²) >= 11 is 3.78. The smallest absolute Gasteiger partial charge is 0.225 e. The van der Waals surface area contributed by atoms with E-state index >= 15 is 0 Å². The van der Waals surface area contributed by atoms with E-state index in [4.69, 9.17) is 4.98 Å². The third kappa shape index (κ3) is 3.88. The lowest BCUT2D eigenvalue weighted by Gasteiger charge is -2.18. The van der Waals surface area contributed by atoms with E-state index in [1.165, 1.54) is 22.3 Å². The van der Waals surface area contributed by atoms with Gasteiger partial charge in [-0.2, -0.15) is 0 Å². The van der Waals surface area contributed by atoms with E-state index in [9.17, 15) is 4.79 Å². The predicted octanol–water partition coefficient (Wildman–Crippen LogP) is 6.32. The van der Waals surface area contributed by atoms with Gasteiger partial charge < -0.3 is 9.47 Å². The Morgan fingerprint density at radius 2 is 1.78 bits per heavy atom. The van der Waals surface area contributed by atoms with Gasteiger partial charge in [-0.25, -0.2) is 4.98 Å². The number of fused-ring (bicyclic) bond motifs is 2. The molecule has 7 rings (SSSR count). The van der Waals surface area contributed by atoms with Crippen LogP contribution in [0.25, 0.3) is 33.5 Å². The number of nitrogens with zero attached hydrogens (tertiary/aromatic N) is 4. The van der Waals surface area contributed by atoms with Crippen molar-refractivity contribution in [2.24, 2.45) is 16.8 Å². The number of halogens is 1. The number of para-hydroxylation sites is 1. The third-order valence-electron chi connectivity index (χ3n) is 7.80. The lowest BCUT2D eigenvalue weighted by Crippen LogP contribution is -2.30. The fourth-order valence-corrected chi connectivity index (χ4v) is 6.23. The number of carbonyl (C=O) groups excluding carboxylic acids is 1. The van der Waals surface area contributed by atoms with Gasteiger partial charge in [-0.3, -0.25) is 9.79 Å². The van der Waals surface area contributed by atoms with Crippen LogP contribution in [-0.2, 0) is 17.9 Å². The molecule has 2 aliphatic heterocycles. The van der Waals surface area contributed by atoms with Crippen LogP contribution in [0.15, 0.2) is 70.1 Å². The molecule has 1 saturated heterocycles. The van der Waals surface area contributed by atoms with Crippen molar-refractivity contribution in [3.63, 3.8) is 0 Å². The first-order valence-electron chi connectivity index (χ1n) is 12.8. The van der Waals surface area contributed by atoms with Crippen molar-refractivity contribution < 1.29 is 4.79 Å². The number of benzene rings is 3. The quantitative estimate of drug-likeness (QED) is 0.298. The molecule has 1 aromatic heterocycles. The van der Waals surface area contributed by atoms with Crippen LogP contribution in [0.4, 0.5) is 0 Å². The second kappa shape index (κ2) is 8.70. The highest BCUT2D eigenvalue weighted by Gasteiger charge is 2.37. The van der Waals surface area contributed by atoms with Gasteiger partial charge in [0.2, 0.25) is 5.91 Å². The van der Waals surface area contributed by atoms with E-state index in [-0.39, 0.29) is 0 Å². The number of aliphatic imine (C=N–C) groups is 1. The molecule has 180 valence electrons. The summed E-state index contributed by atoms with van der Waals surface area (Å²) in [5.41, 5.74) is 8.13. The van der Waals surface area contributed by atoms with Crippen molar-refractivity contribution in [3.05, 3.63) is 76.3 Å². The Bertz CT molecular complexity index is 1520. The fourth-order valence-electron chi connectivity index (χ4n) is 5.66. The lowest BCUT2D eigenvalue weighted by atomic mass is 9.99. The molecule has 3 aliphatic rings. The highest BCUT2D eigenvalue weighted by Crippen LogP contribution is 2.36. The Kier molecular flexibility index (Phi) is 5.31. The van der Waals surface area contributed by atoms with E-state index in [0.29, 0.717) is 17.7 Å². The molecule has 0 spiro atoms. The summed E-state index contributed by atoms with van der Waals surface area (Å²) in [5.74, 6) is 2.07. The zero-order chi connectivity index (χ0) is 24.2. The zero-order valence-electron chi connectivity index (χ0n) is 20.0. The topological polar surface area (TPSA) is 50.5 Å². The normalized spacial score (nSPS) is 18.8. The minimum atomic E-state index is 0.291. The van der Waals surface area contributed by atoms with Crippen LogP contribution < -0.4 is 0 Å². The molecule has 3 aromatic carbocycles. The monoisotopic (exact) mass is 538 g/mol. The lowest BCUT2D eigenvalue weighted by molar-refractivity contribution is -0.131. The molecule has 0 bridgehead atoms. The largest absolute Gasteiger partial charge is 0.342 e. The van der Waals surface area contributed by atoms with E-state index in [1.54, 1.807) is 0 Å². The van der Waals surface area contributed by atoms with Crippen molar-refractivity contribution in [1.29, 1.82) is 0 Å². The van der Waals surface area contributed by atoms with E-state index in [1.807, 2.05) is 12.3 Å². The SMILES string of the molecule is O=C(C1CC1)N1CC[C@@H](Cn2c(-c3ccc(-c4ccc5c(c4)C=NC5)cc3)nc3cccc(Br)c32)C1. The van der Waals surface area contributed by atoms with E-state index in [2.05, 4.69) is 85.0 Å². The summed E-state index contributed by atoms with van der Waals surface area (Å²) in [4.78, 5) is 24.1. The summed E-state index contributed by atoms with van der Waals surface area (Å²) in [5, 5.41) is 0. The molecule has 0 N–H and O–H groups in total. The van der Waals surface area contributed by atoms with Gasteiger partial charge in [0, 0.05) is 41.8 Å². The highest BCUT2D eigenvalue weighted by molar-refractivity contribution is 9.10. The minimum Gasteiger partial charge on any atom is -0.342 e. The van der Waals surface area contributed by atoms with Gasteiger partial charge >= 0.3 is 0 Å². The van der Waals surface area contributed by atoms with Crippen molar-refractivity contribution >= 4 is 39.1 Å². The Morgan fingerprint density at radius 3 is 2.61 bits per heavy atom. The molecule has 2 fully saturated rings. The van der Waals surface area contributed by atoms with Crippen LogP contribution >= 0.6 is 15.9 Å². The summed E-state index contributed by atoms with van der Waals surface area (Å²) in [6, 6.07) is 21.5. The Morgan fingerprint density at radius 1 is 0.972 bits per heavy atom. The molecule has 4 aromatic rings. The molecule has 5 nitrogen and oxygen atoms in total. The van der Waals surface area contributed by atoms with Gasteiger partial charge in [0.05, 0.1) is 17.6 Å². The Balaban J connectivity index is 1.21. The molecular weight excluding hydrogens is 512 g/mol. The minimum absolute atomic E-state index is 0.291. The van der Waals surface area contributed by atoms with Crippen LogP contribution in [0.5, 0.6) is 0 Å². The number of carbonyl (C=O) groups is 1. The standard InChI is InChI=1S/C30H27BrN4O/c31-26-2-1-3-27-28(26)35(18-19-12-13-34(17-19)30(36)22-8-9-22)29(33-27)21-6-4-20(5-7-21)23-10-11-24-15-32-16-25(24)14-23/h1-7,10-11,14,16,19,22H,8-9,12-13,15,17-18H2/t19-/m1/s1. The second-order valence-electron chi connectivity index (χ2n) is 10.3. The van der Waals surface area contributed by atoms with Gasteiger partial charge in [0.25, 0.3) is 0 Å². The molecule has 1 atom stereocenters. The average Bonchev–Trinajstić information content (AvgIpc) is 3.29. The van der Waals surface area contributed by atoms with E-state index in [0.717, 1.165) is 72.3 Å². The summed E-state index contributed by atoms with van der Waals surface area (Å²) in [7, 11) is 0. The molecule has 6 heteroatoms. The number of likely N-dealkylation sites (tertiary alicyclic amines) is 1. The number of rotatable bonds is 5. The van der Waals surface area contributed by atoms with Gasteiger partial charge in [0.1, 0.15) is 5.82 Å². The van der Waals surface area contributed by atoms with Crippen LogP contribution in [0.2, 0.25) is 0 Å². The first-order valence-corrected chi connectivity index (χ1v) is 13.6. The van der Waals surface area contributed by atoms with Crippen molar-refractivity contribution in [1.82, 2.24) is 14.5 Å². The summed E-state index contributed by atoms with van der Waals surface area (Å²) in [6.45, 7) is 3.37. The van der Waals surface area contributed by atoms with Crippen LogP contribution in [-0.4, -0.2) is 39.7 Å². The maximum Gasteiger partial charge on any atom is 0.225 e. The Labute approximate surface area is 219 Å². The molecule has 36 heavy (non-hydrogen) atoms. The number of aromatic nitrogens is 2. The molecule has 1 amide bonds. The predicted molar refractivity (Wildman–Crippen MR) is 147 cm³/mol. The molecule has 1 saturated carbocycles. The maximum atomic E-state index is 12.6. The van der Waals surface area contributed by atoms with Crippen molar-refractivity contribution in [2.75, 3.05) is 13.1 Å². The van der Waals surface area contributed by atoms with Crippen molar-refractivity contribution in [3.8, 4) is 22.5 Å². The van der Waals surface area contributed by atoms with Crippen LogP contribution in [0.3, 0.4) is 0 Å². The second-order valence-corrected chi connectivity index (χ2v) is 11.2. The Hall–Kier alpha value is -3.25. The molecule has 0 unspecified atom stereocenters. The first-order chi connectivity index (χ1) is 17.6.